The summed E-state index contributed by atoms with van der Waals surface area (Å²) < 4.78 is 26.2. The fourth-order valence-corrected chi connectivity index (χ4v) is 3.66. The van der Waals surface area contributed by atoms with Gasteiger partial charge in [-0.25, -0.2) is 4.39 Å². The van der Waals surface area contributed by atoms with E-state index in [0.717, 1.165) is 32.5 Å². The highest BCUT2D eigenvalue weighted by molar-refractivity contribution is 6.17. The Morgan fingerprint density at radius 2 is 1.90 bits per heavy atom. The second-order valence-electron chi connectivity index (χ2n) is 7.61. The SMILES string of the molecule is CCCCc1oc2ccc(N)cc2c1C(=O)c1ccc(OCCN(CC)CC)c(F)c1. The third kappa shape index (κ3) is 5.25. The van der Waals surface area contributed by atoms with Crippen molar-refractivity contribution in [1.82, 2.24) is 4.90 Å². The molecule has 0 amide bonds. The number of nitrogens with two attached hydrogens (primary N) is 1. The fourth-order valence-electron chi connectivity index (χ4n) is 3.66. The molecule has 0 spiro atoms. The van der Waals surface area contributed by atoms with E-state index in [9.17, 15) is 9.18 Å². The maximum atomic E-state index is 14.7. The molecule has 1 heterocycles. The molecule has 1 aromatic heterocycles. The second kappa shape index (κ2) is 10.4. The lowest BCUT2D eigenvalue weighted by atomic mass is 9.98. The zero-order chi connectivity index (χ0) is 22.4. The molecule has 5 nitrogen and oxygen atoms in total. The number of aryl methyl sites for hydroxylation is 1. The van der Waals surface area contributed by atoms with Gasteiger partial charge in [0.2, 0.25) is 0 Å². The molecule has 3 rings (SSSR count). The first kappa shape index (κ1) is 22.8. The van der Waals surface area contributed by atoms with Gasteiger partial charge in [0.15, 0.2) is 17.3 Å². The van der Waals surface area contributed by atoms with Crippen LogP contribution in [0.2, 0.25) is 0 Å². The van der Waals surface area contributed by atoms with Gasteiger partial charge in [0.25, 0.3) is 0 Å². The van der Waals surface area contributed by atoms with Gasteiger partial charge in [-0.2, -0.15) is 0 Å². The molecule has 166 valence electrons. The molecule has 31 heavy (non-hydrogen) atoms. The van der Waals surface area contributed by atoms with Gasteiger partial charge in [0.1, 0.15) is 18.0 Å². The average Bonchev–Trinajstić information content (AvgIpc) is 3.13. The van der Waals surface area contributed by atoms with Crippen LogP contribution in [0.15, 0.2) is 40.8 Å². The summed E-state index contributed by atoms with van der Waals surface area (Å²) in [7, 11) is 0. The van der Waals surface area contributed by atoms with E-state index < -0.39 is 5.82 Å². The van der Waals surface area contributed by atoms with E-state index in [1.165, 1.54) is 12.1 Å². The summed E-state index contributed by atoms with van der Waals surface area (Å²) in [5.74, 6) is -0.0551. The zero-order valence-corrected chi connectivity index (χ0v) is 18.5. The number of rotatable bonds is 11. The van der Waals surface area contributed by atoms with Crippen molar-refractivity contribution in [2.45, 2.75) is 40.0 Å². The van der Waals surface area contributed by atoms with Gasteiger partial charge in [-0.05, 0) is 55.9 Å². The van der Waals surface area contributed by atoms with Gasteiger partial charge in [0, 0.05) is 29.6 Å². The molecule has 0 aliphatic rings. The van der Waals surface area contributed by atoms with Crippen LogP contribution < -0.4 is 10.5 Å². The molecular formula is C25H31FN2O3. The summed E-state index contributed by atoms with van der Waals surface area (Å²) >= 11 is 0. The first-order valence-electron chi connectivity index (χ1n) is 11.0. The number of nitrogen functional groups attached to an aromatic ring is 1. The number of benzene rings is 2. The molecule has 0 radical (unpaired) electrons. The van der Waals surface area contributed by atoms with Gasteiger partial charge in [-0.15, -0.1) is 0 Å². The number of hydrogen-bond donors (Lipinski definition) is 1. The van der Waals surface area contributed by atoms with Crippen molar-refractivity contribution in [3.05, 3.63) is 59.1 Å². The summed E-state index contributed by atoms with van der Waals surface area (Å²) in [5.41, 5.74) is 7.82. The highest BCUT2D eigenvalue weighted by Gasteiger charge is 2.23. The molecule has 0 saturated carbocycles. The number of fused-ring (bicyclic) bond motifs is 1. The Bertz CT molecular complexity index is 1040. The molecule has 3 aromatic rings. The minimum absolute atomic E-state index is 0.149. The van der Waals surface area contributed by atoms with Crippen LogP contribution in [0.25, 0.3) is 11.0 Å². The van der Waals surface area contributed by atoms with Crippen LogP contribution in [0.3, 0.4) is 0 Å². The van der Waals surface area contributed by atoms with Gasteiger partial charge in [-0.1, -0.05) is 27.2 Å². The van der Waals surface area contributed by atoms with Crippen LogP contribution in [0, 0.1) is 5.82 Å². The highest BCUT2D eigenvalue weighted by Crippen LogP contribution is 2.31. The number of furan rings is 1. The van der Waals surface area contributed by atoms with E-state index >= 15 is 0 Å². The number of hydrogen-bond acceptors (Lipinski definition) is 5. The van der Waals surface area contributed by atoms with Crippen molar-refractivity contribution in [3.8, 4) is 5.75 Å². The molecule has 2 N–H and O–H groups in total. The quantitative estimate of drug-likeness (QED) is 0.326. The van der Waals surface area contributed by atoms with E-state index in [2.05, 4.69) is 25.7 Å². The Morgan fingerprint density at radius 1 is 1.13 bits per heavy atom. The van der Waals surface area contributed by atoms with Crippen LogP contribution in [-0.2, 0) is 6.42 Å². The van der Waals surface area contributed by atoms with Crippen LogP contribution in [0.4, 0.5) is 10.1 Å². The number of likely N-dealkylation sites (N-methyl/N-ethyl adjacent to an activating group) is 1. The molecular weight excluding hydrogens is 395 g/mol. The van der Waals surface area contributed by atoms with Crippen molar-refractivity contribution >= 4 is 22.4 Å². The predicted molar refractivity (Wildman–Crippen MR) is 122 cm³/mol. The Labute approximate surface area is 183 Å². The van der Waals surface area contributed by atoms with E-state index in [4.69, 9.17) is 14.9 Å². The van der Waals surface area contributed by atoms with E-state index in [0.29, 0.717) is 41.0 Å². The molecule has 0 bridgehead atoms. The lowest BCUT2D eigenvalue weighted by molar-refractivity contribution is 0.103. The first-order chi connectivity index (χ1) is 15.0. The smallest absolute Gasteiger partial charge is 0.197 e. The fraction of sp³-hybridized carbons (Fsp3) is 0.400. The van der Waals surface area contributed by atoms with Crippen molar-refractivity contribution in [2.24, 2.45) is 0 Å². The summed E-state index contributed by atoms with van der Waals surface area (Å²) in [6.07, 6.45) is 2.51. The number of anilines is 1. The number of nitrogens with zero attached hydrogens (tertiary/aromatic N) is 1. The van der Waals surface area contributed by atoms with Crippen LogP contribution in [0.5, 0.6) is 5.75 Å². The third-order valence-corrected chi connectivity index (χ3v) is 5.52. The highest BCUT2D eigenvalue weighted by atomic mass is 19.1. The van der Waals surface area contributed by atoms with Gasteiger partial charge in [-0.3, -0.25) is 4.79 Å². The molecule has 0 aliphatic carbocycles. The van der Waals surface area contributed by atoms with Crippen molar-refractivity contribution in [3.63, 3.8) is 0 Å². The molecule has 0 saturated heterocycles. The van der Waals surface area contributed by atoms with Crippen molar-refractivity contribution in [1.29, 1.82) is 0 Å². The summed E-state index contributed by atoms with van der Waals surface area (Å²) in [5, 5.41) is 0.663. The van der Waals surface area contributed by atoms with Crippen LogP contribution >= 0.6 is 0 Å². The lowest BCUT2D eigenvalue weighted by Crippen LogP contribution is -2.28. The number of ether oxygens (including phenoxy) is 1. The summed E-state index contributed by atoms with van der Waals surface area (Å²) in [6.45, 7) is 9.17. The molecule has 0 unspecified atom stereocenters. The number of ketones is 1. The Morgan fingerprint density at radius 3 is 2.58 bits per heavy atom. The number of carbonyl (C=O) groups excluding carboxylic acids is 1. The normalized spacial score (nSPS) is 11.4. The standard InChI is InChI=1S/C25H31FN2O3/c1-4-7-8-23-24(19-16-18(27)10-12-21(19)31-23)25(29)17-9-11-22(20(26)15-17)30-14-13-28(5-2)6-3/h9-12,15-16H,4-8,13-14,27H2,1-3H3. The van der Waals surface area contributed by atoms with Crippen molar-refractivity contribution in [2.75, 3.05) is 32.0 Å². The van der Waals surface area contributed by atoms with Gasteiger partial charge >= 0.3 is 0 Å². The third-order valence-electron chi connectivity index (χ3n) is 5.52. The maximum absolute atomic E-state index is 14.7. The Balaban J connectivity index is 1.86. The molecule has 2 aromatic carbocycles. The number of unbranched alkanes of at least 4 members (excludes halogenated alkanes) is 1. The maximum Gasteiger partial charge on any atom is 0.197 e. The van der Waals surface area contributed by atoms with E-state index in [1.807, 2.05) is 0 Å². The number of halogens is 1. The topological polar surface area (TPSA) is 68.7 Å². The van der Waals surface area contributed by atoms with Crippen LogP contribution in [0.1, 0.15) is 55.3 Å². The van der Waals surface area contributed by atoms with Crippen LogP contribution in [-0.4, -0.2) is 36.9 Å². The van der Waals surface area contributed by atoms with Gasteiger partial charge < -0.3 is 19.8 Å². The molecule has 0 fully saturated rings. The first-order valence-corrected chi connectivity index (χ1v) is 11.0. The minimum atomic E-state index is -0.548. The van der Waals surface area contributed by atoms with E-state index in [1.54, 1.807) is 24.3 Å². The molecule has 0 aliphatic heterocycles. The Hall–Kier alpha value is -2.86. The summed E-state index contributed by atoms with van der Waals surface area (Å²) in [4.78, 5) is 15.5. The monoisotopic (exact) mass is 426 g/mol. The minimum Gasteiger partial charge on any atom is -0.489 e. The van der Waals surface area contributed by atoms with E-state index in [-0.39, 0.29) is 17.1 Å². The Kier molecular flexibility index (Phi) is 7.69. The van der Waals surface area contributed by atoms with Crippen molar-refractivity contribution < 1.29 is 18.3 Å². The second-order valence-corrected chi connectivity index (χ2v) is 7.61. The number of carbonyl (C=O) groups is 1. The average molecular weight is 427 g/mol. The molecule has 0 atom stereocenters. The predicted octanol–water partition coefficient (Wildman–Crippen LogP) is 5.45. The van der Waals surface area contributed by atoms with Gasteiger partial charge in [0.05, 0.1) is 5.56 Å². The largest absolute Gasteiger partial charge is 0.489 e. The summed E-state index contributed by atoms with van der Waals surface area (Å²) in [6, 6.07) is 9.62. The lowest BCUT2D eigenvalue weighted by Gasteiger charge is -2.18. The molecule has 6 heteroatoms. The zero-order valence-electron chi connectivity index (χ0n) is 18.5.